The molecule has 2 aromatic rings. The van der Waals surface area contributed by atoms with Crippen LogP contribution in [0.15, 0.2) is 33.2 Å². The zero-order chi connectivity index (χ0) is 19.1. The third-order valence-corrected chi connectivity index (χ3v) is 5.52. The number of nitrogens with one attached hydrogen (secondary N) is 1. The third kappa shape index (κ3) is 5.77. The van der Waals surface area contributed by atoms with Gasteiger partial charge < -0.3 is 9.64 Å². The quantitative estimate of drug-likeness (QED) is 0.383. The fraction of sp³-hybridized carbons (Fsp3) is 0.421. The molecule has 0 aliphatic carbocycles. The molecule has 3 rings (SSSR count). The second-order valence-corrected chi connectivity index (χ2v) is 8.02. The number of hydrogen-bond acceptors (Lipinski definition) is 7. The van der Waals surface area contributed by atoms with Crippen molar-refractivity contribution in [3.05, 3.63) is 39.3 Å². The number of thiazole rings is 1. The number of carbonyl (C=O) groups is 1. The van der Waals surface area contributed by atoms with Gasteiger partial charge in [0.1, 0.15) is 0 Å². The predicted molar refractivity (Wildman–Crippen MR) is 114 cm³/mol. The molecule has 1 fully saturated rings. The summed E-state index contributed by atoms with van der Waals surface area (Å²) in [6.45, 7) is 4.33. The van der Waals surface area contributed by atoms with E-state index in [0.29, 0.717) is 17.4 Å². The molecule has 1 N–H and O–H groups in total. The first-order valence-corrected chi connectivity index (χ1v) is 10.8. The number of halogens is 1. The molecule has 0 unspecified atom stereocenters. The van der Waals surface area contributed by atoms with Crippen LogP contribution in [0.2, 0.25) is 0 Å². The Morgan fingerprint density at radius 2 is 2.22 bits per heavy atom. The van der Waals surface area contributed by atoms with E-state index in [-0.39, 0.29) is 12.4 Å². The molecule has 0 saturated carbocycles. The molecule has 0 atom stereocenters. The number of piperidine rings is 1. The molecule has 0 amide bonds. The van der Waals surface area contributed by atoms with Gasteiger partial charge in [-0.15, -0.1) is 11.3 Å². The molecule has 0 bridgehead atoms. The van der Waals surface area contributed by atoms with Crippen LogP contribution in [0.25, 0.3) is 0 Å². The van der Waals surface area contributed by atoms with Crippen LogP contribution in [0.5, 0.6) is 0 Å². The summed E-state index contributed by atoms with van der Waals surface area (Å²) in [4.78, 5) is 18.3. The highest BCUT2D eigenvalue weighted by atomic mass is 79.9. The van der Waals surface area contributed by atoms with Crippen molar-refractivity contribution >= 4 is 50.3 Å². The van der Waals surface area contributed by atoms with Gasteiger partial charge in [0.05, 0.1) is 24.9 Å². The number of ether oxygens (including phenoxy) is 1. The van der Waals surface area contributed by atoms with Crippen LogP contribution in [0.3, 0.4) is 0 Å². The molecule has 1 aliphatic heterocycles. The molecule has 1 aromatic heterocycles. The summed E-state index contributed by atoms with van der Waals surface area (Å²) in [5.74, 6) is -0.265. The van der Waals surface area contributed by atoms with Crippen LogP contribution >= 0.6 is 27.3 Å². The van der Waals surface area contributed by atoms with Crippen molar-refractivity contribution in [2.75, 3.05) is 30.0 Å². The van der Waals surface area contributed by atoms with Crippen LogP contribution in [-0.4, -0.2) is 36.9 Å². The lowest BCUT2D eigenvalue weighted by Gasteiger charge is -2.30. The second-order valence-electron chi connectivity index (χ2n) is 6.25. The van der Waals surface area contributed by atoms with E-state index in [9.17, 15) is 4.79 Å². The Labute approximate surface area is 171 Å². The Kier molecular flexibility index (Phi) is 7.23. The molecular weight excluding hydrogens is 428 g/mol. The monoisotopic (exact) mass is 450 g/mol. The number of anilines is 2. The van der Waals surface area contributed by atoms with Crippen molar-refractivity contribution in [1.29, 1.82) is 0 Å². The normalized spacial score (nSPS) is 14.5. The predicted octanol–water partition coefficient (Wildman–Crippen LogP) is 4.45. The van der Waals surface area contributed by atoms with Crippen LogP contribution < -0.4 is 10.3 Å². The van der Waals surface area contributed by atoms with Crippen molar-refractivity contribution in [1.82, 2.24) is 4.98 Å². The average Bonchev–Trinajstić information content (AvgIpc) is 3.11. The van der Waals surface area contributed by atoms with E-state index in [1.165, 1.54) is 36.3 Å². The third-order valence-electron chi connectivity index (χ3n) is 4.24. The fourth-order valence-electron chi connectivity index (χ4n) is 2.99. The Hall–Kier alpha value is -1.93. The average molecular weight is 451 g/mol. The van der Waals surface area contributed by atoms with E-state index in [4.69, 9.17) is 4.74 Å². The SMILES string of the molecule is CCOC(=O)Cc1csc(NN=Cc2ccc(Br)cc2N2CCCCC2)n1. The first-order valence-electron chi connectivity index (χ1n) is 9.09. The van der Waals surface area contributed by atoms with E-state index >= 15 is 0 Å². The van der Waals surface area contributed by atoms with Crippen molar-refractivity contribution < 1.29 is 9.53 Å². The molecular formula is C19H23BrN4O2S. The number of esters is 1. The number of carbonyl (C=O) groups excluding carboxylic acids is 1. The lowest BCUT2D eigenvalue weighted by atomic mass is 10.1. The highest BCUT2D eigenvalue weighted by Crippen LogP contribution is 2.27. The van der Waals surface area contributed by atoms with Gasteiger partial charge in [0.15, 0.2) is 0 Å². The summed E-state index contributed by atoms with van der Waals surface area (Å²) in [6, 6.07) is 6.23. The molecule has 6 nitrogen and oxygen atoms in total. The summed E-state index contributed by atoms with van der Waals surface area (Å²) < 4.78 is 6.01. The van der Waals surface area contributed by atoms with E-state index in [2.05, 4.69) is 48.5 Å². The lowest BCUT2D eigenvalue weighted by molar-refractivity contribution is -0.142. The van der Waals surface area contributed by atoms with Gasteiger partial charge in [-0.2, -0.15) is 5.10 Å². The van der Waals surface area contributed by atoms with Gasteiger partial charge in [-0.25, -0.2) is 4.98 Å². The van der Waals surface area contributed by atoms with E-state index in [1.54, 1.807) is 6.92 Å². The number of nitrogens with zero attached hydrogens (tertiary/aromatic N) is 3. The minimum Gasteiger partial charge on any atom is -0.466 e. The molecule has 0 radical (unpaired) electrons. The molecule has 1 aliphatic rings. The van der Waals surface area contributed by atoms with Crippen LogP contribution in [0, 0.1) is 0 Å². The Morgan fingerprint density at radius 3 is 3.00 bits per heavy atom. The zero-order valence-corrected chi connectivity index (χ0v) is 17.7. The second kappa shape index (κ2) is 9.85. The van der Waals surface area contributed by atoms with Crippen molar-refractivity contribution in [3.63, 3.8) is 0 Å². The highest BCUT2D eigenvalue weighted by molar-refractivity contribution is 9.10. The summed E-state index contributed by atoms with van der Waals surface area (Å²) >= 11 is 4.99. The largest absolute Gasteiger partial charge is 0.466 e. The van der Waals surface area contributed by atoms with Gasteiger partial charge in [0.25, 0.3) is 0 Å². The molecule has 0 spiro atoms. The topological polar surface area (TPSA) is 66.8 Å². The number of rotatable bonds is 7. The lowest BCUT2D eigenvalue weighted by Crippen LogP contribution is -2.30. The maximum absolute atomic E-state index is 11.5. The summed E-state index contributed by atoms with van der Waals surface area (Å²) in [7, 11) is 0. The zero-order valence-electron chi connectivity index (χ0n) is 15.3. The Balaban J connectivity index is 1.64. The molecule has 1 aromatic carbocycles. The first kappa shape index (κ1) is 19.8. The molecule has 2 heterocycles. The van der Waals surface area contributed by atoms with Crippen LogP contribution in [-0.2, 0) is 16.0 Å². The summed E-state index contributed by atoms with van der Waals surface area (Å²) in [6.07, 6.45) is 5.76. The van der Waals surface area contributed by atoms with Crippen LogP contribution in [0.4, 0.5) is 10.8 Å². The molecule has 1 saturated heterocycles. The van der Waals surface area contributed by atoms with Gasteiger partial charge >= 0.3 is 5.97 Å². The maximum Gasteiger partial charge on any atom is 0.311 e. The molecule has 8 heteroatoms. The Bertz CT molecular complexity index is 803. The van der Waals surface area contributed by atoms with Gasteiger partial charge in [-0.05, 0) is 38.3 Å². The number of hydrogen-bond donors (Lipinski definition) is 1. The number of aromatic nitrogens is 1. The number of hydrazone groups is 1. The van der Waals surface area contributed by atoms with E-state index in [1.807, 2.05) is 17.7 Å². The minimum atomic E-state index is -0.265. The molecule has 27 heavy (non-hydrogen) atoms. The van der Waals surface area contributed by atoms with Crippen molar-refractivity contribution in [2.45, 2.75) is 32.6 Å². The van der Waals surface area contributed by atoms with E-state index < -0.39 is 0 Å². The van der Waals surface area contributed by atoms with Crippen molar-refractivity contribution in [2.24, 2.45) is 5.10 Å². The minimum absolute atomic E-state index is 0.182. The highest BCUT2D eigenvalue weighted by Gasteiger charge is 2.14. The van der Waals surface area contributed by atoms with Gasteiger partial charge in [-0.3, -0.25) is 10.2 Å². The van der Waals surface area contributed by atoms with Crippen molar-refractivity contribution in [3.8, 4) is 0 Å². The standard InChI is InChI=1S/C19H23BrN4O2S/c1-2-26-18(25)11-16-13-27-19(22-16)23-21-12-14-6-7-15(20)10-17(14)24-8-4-3-5-9-24/h6-7,10,12-13H,2-5,8-9,11H2,1H3,(H,22,23). The van der Waals surface area contributed by atoms with E-state index in [0.717, 1.165) is 23.1 Å². The smallest absolute Gasteiger partial charge is 0.311 e. The van der Waals surface area contributed by atoms with Crippen LogP contribution in [0.1, 0.15) is 37.4 Å². The summed E-state index contributed by atoms with van der Waals surface area (Å²) in [5, 5.41) is 6.84. The molecule has 144 valence electrons. The first-order chi connectivity index (χ1) is 13.2. The number of benzene rings is 1. The van der Waals surface area contributed by atoms with Gasteiger partial charge in [0.2, 0.25) is 5.13 Å². The fourth-order valence-corrected chi connectivity index (χ4v) is 4.00. The van der Waals surface area contributed by atoms with Gasteiger partial charge in [-0.1, -0.05) is 22.0 Å². The van der Waals surface area contributed by atoms with Gasteiger partial charge in [0, 0.05) is 34.2 Å². The Morgan fingerprint density at radius 1 is 1.41 bits per heavy atom. The maximum atomic E-state index is 11.5. The summed E-state index contributed by atoms with van der Waals surface area (Å²) in [5.41, 5.74) is 5.90.